The molecule has 0 spiro atoms. The van der Waals surface area contributed by atoms with Gasteiger partial charge in [0.15, 0.2) is 5.65 Å². The van der Waals surface area contributed by atoms with Crippen LogP contribution in [0, 0.1) is 6.92 Å². The number of nitrogens with one attached hydrogen (secondary N) is 1. The van der Waals surface area contributed by atoms with Gasteiger partial charge in [0.25, 0.3) is 0 Å². The minimum absolute atomic E-state index is 0.431. The van der Waals surface area contributed by atoms with Gasteiger partial charge >= 0.3 is 0 Å². The van der Waals surface area contributed by atoms with Gasteiger partial charge in [0.05, 0.1) is 6.20 Å². The first-order valence-corrected chi connectivity index (χ1v) is 5.19. The Morgan fingerprint density at radius 2 is 1.93 bits per heavy atom. The number of hydrogen-bond donors (Lipinski definition) is 2. The van der Waals surface area contributed by atoms with Gasteiger partial charge < -0.3 is 10.7 Å². The maximum absolute atomic E-state index is 5.66. The molecular weight excluding hydrogens is 212 g/mol. The van der Waals surface area contributed by atoms with E-state index in [1.54, 1.807) is 0 Å². The van der Waals surface area contributed by atoms with Crippen LogP contribution in [0.2, 0.25) is 5.15 Å². The highest BCUT2D eigenvalue weighted by atomic mass is 35.5. The van der Waals surface area contributed by atoms with E-state index in [0.29, 0.717) is 5.15 Å². The number of rotatable bonds is 0. The first-order chi connectivity index (χ1) is 7.27. The molecule has 2 heterocycles. The monoisotopic (exact) mass is 228 g/mol. The van der Waals surface area contributed by atoms with Crippen molar-refractivity contribution in [2.24, 2.45) is 5.73 Å². The van der Waals surface area contributed by atoms with Gasteiger partial charge in [0.1, 0.15) is 10.7 Å². The Balaban J connectivity index is 0.000000442. The van der Waals surface area contributed by atoms with E-state index in [2.05, 4.69) is 20.7 Å². The number of aromatic amines is 1. The fourth-order valence-corrected chi connectivity index (χ4v) is 1.13. The van der Waals surface area contributed by atoms with Crippen molar-refractivity contribution in [3.8, 4) is 0 Å². The maximum Gasteiger partial charge on any atom is 0.156 e. The standard InChI is InChI=1S/C7H6ClN3.C2H6.CH5N/c1-4-2-9-7-6(4)11-5(8)3-10-7;2*1-2/h2-3H,1H3,(H,9,10);1-2H3;2H2,1H3. The predicted octanol–water partition coefficient (Wildman–Crippen LogP) is 2.52. The molecule has 0 bridgehead atoms. The third-order valence-electron chi connectivity index (χ3n) is 1.54. The molecule has 2 aromatic rings. The minimum Gasteiger partial charge on any atom is -0.345 e. The van der Waals surface area contributed by atoms with Crippen molar-refractivity contribution in [1.29, 1.82) is 0 Å². The van der Waals surface area contributed by atoms with Crippen LogP contribution in [-0.4, -0.2) is 22.0 Å². The third-order valence-corrected chi connectivity index (χ3v) is 1.72. The lowest BCUT2D eigenvalue weighted by atomic mass is 10.3. The second kappa shape index (κ2) is 7.20. The summed E-state index contributed by atoms with van der Waals surface area (Å²) in [7, 11) is 1.50. The quantitative estimate of drug-likeness (QED) is 0.728. The Hall–Kier alpha value is -1.13. The van der Waals surface area contributed by atoms with Crippen LogP contribution in [0.25, 0.3) is 11.2 Å². The van der Waals surface area contributed by atoms with Crippen LogP contribution >= 0.6 is 11.6 Å². The number of nitrogens with zero attached hydrogens (tertiary/aromatic N) is 2. The van der Waals surface area contributed by atoms with Crippen molar-refractivity contribution in [3.05, 3.63) is 23.1 Å². The number of aryl methyl sites for hydroxylation is 1. The third kappa shape index (κ3) is 3.49. The van der Waals surface area contributed by atoms with E-state index >= 15 is 0 Å². The molecule has 0 aliphatic rings. The van der Waals surface area contributed by atoms with E-state index < -0.39 is 0 Å². The summed E-state index contributed by atoms with van der Waals surface area (Å²) in [6.45, 7) is 5.96. The number of nitrogens with two attached hydrogens (primary N) is 1. The Morgan fingerprint density at radius 1 is 1.33 bits per heavy atom. The summed E-state index contributed by atoms with van der Waals surface area (Å²) in [6, 6.07) is 0. The Labute approximate surface area is 94.9 Å². The zero-order chi connectivity index (χ0) is 11.8. The highest BCUT2D eigenvalue weighted by Gasteiger charge is 2.01. The van der Waals surface area contributed by atoms with Gasteiger partial charge in [0.2, 0.25) is 0 Å². The average molecular weight is 229 g/mol. The molecule has 5 heteroatoms. The molecule has 0 fully saturated rings. The molecule has 3 N–H and O–H groups in total. The topological polar surface area (TPSA) is 67.6 Å². The summed E-state index contributed by atoms with van der Waals surface area (Å²) in [5.74, 6) is 0. The van der Waals surface area contributed by atoms with Crippen molar-refractivity contribution in [2.45, 2.75) is 20.8 Å². The number of fused-ring (bicyclic) bond motifs is 1. The molecule has 2 rings (SSSR count). The van der Waals surface area contributed by atoms with Crippen LogP contribution in [-0.2, 0) is 0 Å². The number of H-pyrrole nitrogens is 1. The summed E-state index contributed by atoms with van der Waals surface area (Å²) in [4.78, 5) is 11.1. The molecule has 0 aliphatic heterocycles. The van der Waals surface area contributed by atoms with Gasteiger partial charge in [0, 0.05) is 6.20 Å². The second-order valence-corrected chi connectivity index (χ2v) is 2.75. The molecule has 0 saturated heterocycles. The molecular formula is C10H17ClN4. The second-order valence-electron chi connectivity index (χ2n) is 2.36. The van der Waals surface area contributed by atoms with Crippen molar-refractivity contribution >= 4 is 22.8 Å². The number of aromatic nitrogens is 3. The van der Waals surface area contributed by atoms with Crippen LogP contribution in [0.5, 0.6) is 0 Å². The maximum atomic E-state index is 5.66. The zero-order valence-corrected chi connectivity index (χ0v) is 10.3. The number of halogens is 1. The molecule has 0 amide bonds. The number of hydrogen-bond acceptors (Lipinski definition) is 3. The van der Waals surface area contributed by atoms with Gasteiger partial charge in [-0.2, -0.15) is 0 Å². The summed E-state index contributed by atoms with van der Waals surface area (Å²) in [5, 5.41) is 0.431. The molecule has 0 unspecified atom stereocenters. The Bertz CT molecular complexity index is 397. The van der Waals surface area contributed by atoms with Gasteiger partial charge in [-0.05, 0) is 19.5 Å². The largest absolute Gasteiger partial charge is 0.345 e. The summed E-state index contributed by atoms with van der Waals surface area (Å²) in [5.41, 5.74) is 7.19. The molecule has 0 aliphatic carbocycles. The van der Waals surface area contributed by atoms with Crippen molar-refractivity contribution in [3.63, 3.8) is 0 Å². The first-order valence-electron chi connectivity index (χ1n) is 4.81. The van der Waals surface area contributed by atoms with Crippen molar-refractivity contribution < 1.29 is 0 Å². The summed E-state index contributed by atoms with van der Waals surface area (Å²) >= 11 is 5.66. The highest BCUT2D eigenvalue weighted by molar-refractivity contribution is 6.29. The van der Waals surface area contributed by atoms with Gasteiger partial charge in [-0.15, -0.1) is 0 Å². The van der Waals surface area contributed by atoms with E-state index in [-0.39, 0.29) is 0 Å². The SMILES string of the molecule is CC.CN.Cc1c[nH]c2ncc(Cl)nc12. The van der Waals surface area contributed by atoms with Crippen LogP contribution in [0.3, 0.4) is 0 Å². The van der Waals surface area contributed by atoms with Gasteiger partial charge in [-0.25, -0.2) is 9.97 Å². The van der Waals surface area contributed by atoms with Crippen molar-refractivity contribution in [1.82, 2.24) is 15.0 Å². The molecule has 84 valence electrons. The highest BCUT2D eigenvalue weighted by Crippen LogP contribution is 2.14. The average Bonchev–Trinajstić information content (AvgIpc) is 2.66. The molecule has 2 aromatic heterocycles. The van der Waals surface area contributed by atoms with Gasteiger partial charge in [-0.1, -0.05) is 25.4 Å². The molecule has 0 atom stereocenters. The summed E-state index contributed by atoms with van der Waals surface area (Å²) < 4.78 is 0. The van der Waals surface area contributed by atoms with Crippen LogP contribution in [0.4, 0.5) is 0 Å². The molecule has 0 saturated carbocycles. The summed E-state index contributed by atoms with van der Waals surface area (Å²) in [6.07, 6.45) is 3.39. The van der Waals surface area contributed by atoms with E-state index in [0.717, 1.165) is 16.7 Å². The van der Waals surface area contributed by atoms with Crippen LogP contribution in [0.1, 0.15) is 19.4 Å². The van der Waals surface area contributed by atoms with E-state index in [4.69, 9.17) is 11.6 Å². The van der Waals surface area contributed by atoms with Crippen LogP contribution < -0.4 is 5.73 Å². The molecule has 15 heavy (non-hydrogen) atoms. The van der Waals surface area contributed by atoms with E-state index in [1.807, 2.05) is 27.0 Å². The lowest BCUT2D eigenvalue weighted by molar-refractivity contribution is 1.26. The Morgan fingerprint density at radius 3 is 2.53 bits per heavy atom. The molecule has 4 nitrogen and oxygen atoms in total. The first kappa shape index (κ1) is 13.9. The Kier molecular flexibility index (Phi) is 6.66. The van der Waals surface area contributed by atoms with Crippen molar-refractivity contribution in [2.75, 3.05) is 7.05 Å². The fraction of sp³-hybridized carbons (Fsp3) is 0.400. The normalized spacial score (nSPS) is 8.67. The molecule has 0 radical (unpaired) electrons. The van der Waals surface area contributed by atoms with E-state index in [9.17, 15) is 0 Å². The van der Waals surface area contributed by atoms with E-state index in [1.165, 1.54) is 13.2 Å². The zero-order valence-electron chi connectivity index (χ0n) is 9.50. The molecule has 0 aromatic carbocycles. The lowest BCUT2D eigenvalue weighted by Gasteiger charge is -1.89. The lowest BCUT2D eigenvalue weighted by Crippen LogP contribution is -1.81. The fourth-order valence-electron chi connectivity index (χ4n) is 0.993. The van der Waals surface area contributed by atoms with Gasteiger partial charge in [-0.3, -0.25) is 0 Å². The predicted molar refractivity (Wildman–Crippen MR) is 65.1 cm³/mol. The minimum atomic E-state index is 0.431. The smallest absolute Gasteiger partial charge is 0.156 e. The van der Waals surface area contributed by atoms with Crippen LogP contribution in [0.15, 0.2) is 12.4 Å².